The van der Waals surface area contributed by atoms with Crippen molar-refractivity contribution in [1.29, 1.82) is 5.26 Å². The summed E-state index contributed by atoms with van der Waals surface area (Å²) in [7, 11) is 0. The van der Waals surface area contributed by atoms with Crippen LogP contribution in [0.2, 0.25) is 10.0 Å². The summed E-state index contributed by atoms with van der Waals surface area (Å²) in [5, 5.41) is 26.6. The van der Waals surface area contributed by atoms with Crippen molar-refractivity contribution in [2.45, 2.75) is 51.2 Å². The number of piperidine rings is 1. The number of carbonyl (C=O) groups excluding carboxylic acids is 1. The number of aromatic nitrogens is 4. The Kier molecular flexibility index (Phi) is 9.25. The third kappa shape index (κ3) is 6.92. The number of nitrogens with one attached hydrogen (secondary N) is 2. The molecule has 1 amide bonds. The standard InChI is InChI=1S/C35H34Cl2FN9O/c1-35(2,3)46-11-9-25(10-12-46)47-19-30(44-45-47)32(20-5-4-6-21(13-20)34(40)48)43-24-14-26-31(42-23-7-8-29(38)27(36)15-23)22(17-39)18-41-33(26)28(37)16-24/h4-8,13-16,18-19,25,32,43H,9-12H2,1-3H3,(H2,40,48)(H,41,42). The third-order valence-corrected chi connectivity index (χ3v) is 9.24. The van der Waals surface area contributed by atoms with Gasteiger partial charge < -0.3 is 16.4 Å². The van der Waals surface area contributed by atoms with E-state index in [1.807, 2.05) is 23.0 Å². The summed E-state index contributed by atoms with van der Waals surface area (Å²) in [5.74, 6) is -1.11. The number of nitrogens with two attached hydrogens (primary N) is 1. The molecule has 0 saturated carbocycles. The smallest absolute Gasteiger partial charge is 0.248 e. The number of hydrogen-bond acceptors (Lipinski definition) is 8. The number of primary amides is 1. The molecular formula is C35H34Cl2FN9O. The van der Waals surface area contributed by atoms with Gasteiger partial charge in [0.2, 0.25) is 5.91 Å². The Labute approximate surface area is 287 Å². The maximum absolute atomic E-state index is 13.9. The fraction of sp³-hybridized carbons (Fsp3) is 0.286. The van der Waals surface area contributed by atoms with E-state index in [4.69, 9.17) is 28.9 Å². The summed E-state index contributed by atoms with van der Waals surface area (Å²) in [6, 6.07) is 16.6. The van der Waals surface area contributed by atoms with Crippen molar-refractivity contribution in [3.8, 4) is 6.07 Å². The average Bonchev–Trinajstić information content (AvgIpc) is 3.55. The van der Waals surface area contributed by atoms with Gasteiger partial charge >= 0.3 is 0 Å². The SMILES string of the molecule is CC(C)(C)N1CCC(n2cc(C(Nc3cc(Cl)c4ncc(C#N)c(Nc5ccc(F)c(Cl)c5)c4c3)c3cccc(C(N)=O)c3)nn2)CC1. The lowest BCUT2D eigenvalue weighted by atomic mass is 9.98. The normalized spacial score (nSPS) is 14.9. The fourth-order valence-corrected chi connectivity index (χ4v) is 6.50. The molecule has 0 aliphatic carbocycles. The van der Waals surface area contributed by atoms with Gasteiger partial charge in [-0.3, -0.25) is 14.7 Å². The van der Waals surface area contributed by atoms with E-state index in [2.05, 4.69) is 57.7 Å². The third-order valence-electron chi connectivity index (χ3n) is 8.66. The molecule has 4 N–H and O–H groups in total. The lowest BCUT2D eigenvalue weighted by Crippen LogP contribution is -2.46. The summed E-state index contributed by atoms with van der Waals surface area (Å²) in [6.45, 7) is 8.60. The molecular weight excluding hydrogens is 652 g/mol. The first-order valence-corrected chi connectivity index (χ1v) is 16.2. The van der Waals surface area contributed by atoms with Crippen LogP contribution < -0.4 is 16.4 Å². The quantitative estimate of drug-likeness (QED) is 0.152. The molecule has 3 aromatic carbocycles. The number of rotatable bonds is 8. The molecule has 6 rings (SSSR count). The lowest BCUT2D eigenvalue weighted by Gasteiger charge is -2.40. The summed E-state index contributed by atoms with van der Waals surface area (Å²) >= 11 is 12.8. The Morgan fingerprint density at radius 3 is 2.52 bits per heavy atom. The second-order valence-corrected chi connectivity index (χ2v) is 13.7. The summed E-state index contributed by atoms with van der Waals surface area (Å²) in [6.07, 6.45) is 5.25. The van der Waals surface area contributed by atoms with Crippen LogP contribution >= 0.6 is 23.2 Å². The minimum Gasteiger partial charge on any atom is -0.373 e. The van der Waals surface area contributed by atoms with Gasteiger partial charge in [-0.2, -0.15) is 5.26 Å². The zero-order chi connectivity index (χ0) is 34.2. The molecule has 246 valence electrons. The van der Waals surface area contributed by atoms with Crippen LogP contribution in [0.4, 0.5) is 21.5 Å². The van der Waals surface area contributed by atoms with Crippen LogP contribution in [-0.4, -0.2) is 49.4 Å². The highest BCUT2D eigenvalue weighted by Gasteiger charge is 2.29. The van der Waals surface area contributed by atoms with Gasteiger partial charge in [0.15, 0.2) is 0 Å². The molecule has 1 fully saturated rings. The topological polar surface area (TPSA) is 138 Å². The molecule has 1 unspecified atom stereocenters. The van der Waals surface area contributed by atoms with Gasteiger partial charge in [0.05, 0.1) is 45.1 Å². The van der Waals surface area contributed by atoms with Crippen molar-refractivity contribution < 1.29 is 9.18 Å². The van der Waals surface area contributed by atoms with E-state index < -0.39 is 17.8 Å². The number of anilines is 3. The highest BCUT2D eigenvalue weighted by molar-refractivity contribution is 6.36. The number of likely N-dealkylation sites (tertiary alicyclic amines) is 1. The van der Waals surface area contributed by atoms with Gasteiger partial charge in [-0.15, -0.1) is 5.10 Å². The molecule has 3 heterocycles. The van der Waals surface area contributed by atoms with E-state index in [0.717, 1.165) is 31.5 Å². The number of benzene rings is 3. The van der Waals surface area contributed by atoms with E-state index in [0.29, 0.717) is 44.2 Å². The second-order valence-electron chi connectivity index (χ2n) is 12.8. The van der Waals surface area contributed by atoms with Gasteiger partial charge in [-0.1, -0.05) is 40.5 Å². The van der Waals surface area contributed by atoms with Crippen molar-refractivity contribution in [2.24, 2.45) is 5.73 Å². The highest BCUT2D eigenvalue weighted by Crippen LogP contribution is 2.37. The van der Waals surface area contributed by atoms with Crippen LogP contribution in [0.5, 0.6) is 0 Å². The zero-order valence-corrected chi connectivity index (χ0v) is 28.1. The first-order valence-electron chi connectivity index (χ1n) is 15.5. The Morgan fingerprint density at radius 2 is 1.83 bits per heavy atom. The lowest BCUT2D eigenvalue weighted by molar-refractivity contribution is 0.0865. The molecule has 1 atom stereocenters. The summed E-state index contributed by atoms with van der Waals surface area (Å²) < 4.78 is 15.8. The number of nitriles is 1. The number of amides is 1. The monoisotopic (exact) mass is 685 g/mol. The first-order chi connectivity index (χ1) is 22.9. The van der Waals surface area contributed by atoms with E-state index in [9.17, 15) is 14.4 Å². The van der Waals surface area contributed by atoms with Crippen molar-refractivity contribution in [3.63, 3.8) is 0 Å². The van der Waals surface area contributed by atoms with Crippen LogP contribution in [0.15, 0.2) is 67.0 Å². The molecule has 0 spiro atoms. The summed E-state index contributed by atoms with van der Waals surface area (Å²) in [5.41, 5.74) is 9.67. The Hall–Kier alpha value is -4.76. The molecule has 0 radical (unpaired) electrons. The number of nitrogens with zero attached hydrogens (tertiary/aromatic N) is 6. The molecule has 10 nitrogen and oxygen atoms in total. The van der Waals surface area contributed by atoms with Gasteiger partial charge in [-0.05, 0) is 81.6 Å². The first kappa shape index (κ1) is 33.2. The minimum atomic E-state index is -0.560. The molecule has 5 aromatic rings. The number of carbonyl (C=O) groups is 1. The van der Waals surface area contributed by atoms with Crippen LogP contribution in [-0.2, 0) is 0 Å². The predicted molar refractivity (Wildman–Crippen MR) is 186 cm³/mol. The molecule has 13 heteroatoms. The molecule has 1 aliphatic rings. The van der Waals surface area contributed by atoms with E-state index in [1.165, 1.54) is 24.4 Å². The largest absolute Gasteiger partial charge is 0.373 e. The van der Waals surface area contributed by atoms with E-state index >= 15 is 0 Å². The number of pyridine rings is 1. The van der Waals surface area contributed by atoms with Crippen molar-refractivity contribution in [3.05, 3.63) is 105 Å². The van der Waals surface area contributed by atoms with Gasteiger partial charge in [-0.25, -0.2) is 9.07 Å². The van der Waals surface area contributed by atoms with Crippen molar-refractivity contribution >= 4 is 57.1 Å². The van der Waals surface area contributed by atoms with Crippen LogP contribution in [0.3, 0.4) is 0 Å². The van der Waals surface area contributed by atoms with E-state index in [1.54, 1.807) is 24.3 Å². The van der Waals surface area contributed by atoms with Gasteiger partial charge in [0, 0.05) is 47.1 Å². The number of halogens is 3. The molecule has 0 bridgehead atoms. The van der Waals surface area contributed by atoms with Gasteiger partial charge in [0.1, 0.15) is 17.6 Å². The maximum atomic E-state index is 13.9. The molecule has 1 aliphatic heterocycles. The van der Waals surface area contributed by atoms with Crippen LogP contribution in [0.25, 0.3) is 10.9 Å². The number of hydrogen-bond donors (Lipinski definition) is 3. The van der Waals surface area contributed by atoms with E-state index in [-0.39, 0.29) is 22.2 Å². The Balaban J connectivity index is 1.39. The molecule has 2 aromatic heterocycles. The molecule has 48 heavy (non-hydrogen) atoms. The number of fused-ring (bicyclic) bond motifs is 1. The predicted octanol–water partition coefficient (Wildman–Crippen LogP) is 7.62. The Bertz CT molecular complexity index is 2040. The summed E-state index contributed by atoms with van der Waals surface area (Å²) in [4.78, 5) is 19.1. The highest BCUT2D eigenvalue weighted by atomic mass is 35.5. The maximum Gasteiger partial charge on any atom is 0.248 e. The fourth-order valence-electron chi connectivity index (χ4n) is 6.05. The zero-order valence-electron chi connectivity index (χ0n) is 26.6. The second kappa shape index (κ2) is 13.4. The average molecular weight is 687 g/mol. The van der Waals surface area contributed by atoms with Crippen molar-refractivity contribution in [1.82, 2.24) is 24.9 Å². The van der Waals surface area contributed by atoms with Crippen molar-refractivity contribution in [2.75, 3.05) is 23.7 Å². The van der Waals surface area contributed by atoms with Crippen LogP contribution in [0, 0.1) is 17.1 Å². The Morgan fingerprint density at radius 1 is 1.08 bits per heavy atom. The molecule has 1 saturated heterocycles. The minimum absolute atomic E-state index is 0.0638. The van der Waals surface area contributed by atoms with Gasteiger partial charge in [0.25, 0.3) is 0 Å². The van der Waals surface area contributed by atoms with Crippen LogP contribution in [0.1, 0.15) is 72.9 Å².